The first-order valence-electron chi connectivity index (χ1n) is 5.25. The molecule has 18 heavy (non-hydrogen) atoms. The Morgan fingerprint density at radius 3 is 2.56 bits per heavy atom. The van der Waals surface area contributed by atoms with Crippen molar-refractivity contribution in [3.05, 3.63) is 51.6 Å². The molecule has 94 valence electrons. The zero-order valence-corrected chi connectivity index (χ0v) is 11.9. The second kappa shape index (κ2) is 5.79. The van der Waals surface area contributed by atoms with Crippen LogP contribution in [0.4, 0.5) is 0 Å². The van der Waals surface area contributed by atoms with Gasteiger partial charge in [-0.15, -0.1) is 11.6 Å². The number of ether oxygens (including phenoxy) is 1. The van der Waals surface area contributed by atoms with E-state index in [2.05, 4.69) is 4.98 Å². The summed E-state index contributed by atoms with van der Waals surface area (Å²) in [5.41, 5.74) is 1.65. The van der Waals surface area contributed by atoms with Gasteiger partial charge in [0.15, 0.2) is 0 Å². The van der Waals surface area contributed by atoms with Gasteiger partial charge in [-0.05, 0) is 30.7 Å². The van der Waals surface area contributed by atoms with E-state index in [1.165, 1.54) is 0 Å². The fourth-order valence-electron chi connectivity index (χ4n) is 1.42. The van der Waals surface area contributed by atoms with E-state index >= 15 is 0 Å². The Labute approximate surface area is 120 Å². The zero-order chi connectivity index (χ0) is 13.1. The van der Waals surface area contributed by atoms with Crippen LogP contribution in [0.5, 0.6) is 11.6 Å². The van der Waals surface area contributed by atoms with Gasteiger partial charge in [-0.25, -0.2) is 4.98 Å². The summed E-state index contributed by atoms with van der Waals surface area (Å²) in [4.78, 5) is 4.20. The number of hydrogen-bond acceptors (Lipinski definition) is 2. The molecule has 0 radical (unpaired) electrons. The standard InChI is InChI=1S/C13H10Cl3NO/c1-8-2-4-12(10(16)6-8)18-13-5-3-9(15)11(7-14)17-13/h2-6H,7H2,1H3. The number of aryl methyl sites for hydroxylation is 1. The van der Waals surface area contributed by atoms with Gasteiger partial charge in [-0.2, -0.15) is 0 Å². The molecule has 0 aliphatic rings. The fourth-order valence-corrected chi connectivity index (χ4v) is 2.13. The smallest absolute Gasteiger partial charge is 0.219 e. The average molecular weight is 303 g/mol. The van der Waals surface area contributed by atoms with Gasteiger partial charge in [-0.3, -0.25) is 0 Å². The lowest BCUT2D eigenvalue weighted by molar-refractivity contribution is 0.461. The minimum atomic E-state index is 0.234. The molecule has 0 spiro atoms. The molecular formula is C13H10Cl3NO. The lowest BCUT2D eigenvalue weighted by atomic mass is 10.2. The van der Waals surface area contributed by atoms with Gasteiger partial charge >= 0.3 is 0 Å². The van der Waals surface area contributed by atoms with Gasteiger partial charge in [0.1, 0.15) is 5.75 Å². The van der Waals surface area contributed by atoms with Crippen molar-refractivity contribution in [1.29, 1.82) is 0 Å². The maximum absolute atomic E-state index is 6.08. The van der Waals surface area contributed by atoms with Crippen LogP contribution in [0.25, 0.3) is 0 Å². The SMILES string of the molecule is Cc1ccc(Oc2ccc(Cl)c(CCl)n2)c(Cl)c1. The Kier molecular flexibility index (Phi) is 4.33. The maximum atomic E-state index is 6.08. The Morgan fingerprint density at radius 1 is 1.11 bits per heavy atom. The van der Waals surface area contributed by atoms with E-state index in [1.54, 1.807) is 18.2 Å². The molecule has 0 atom stereocenters. The van der Waals surface area contributed by atoms with Crippen molar-refractivity contribution in [3.63, 3.8) is 0 Å². The molecule has 1 heterocycles. The van der Waals surface area contributed by atoms with Crippen LogP contribution in [-0.2, 0) is 5.88 Å². The molecule has 5 heteroatoms. The largest absolute Gasteiger partial charge is 0.437 e. The predicted molar refractivity (Wildman–Crippen MR) is 75.1 cm³/mol. The van der Waals surface area contributed by atoms with E-state index in [9.17, 15) is 0 Å². The van der Waals surface area contributed by atoms with Crippen molar-refractivity contribution >= 4 is 34.8 Å². The molecule has 1 aromatic carbocycles. The number of alkyl halides is 1. The molecule has 0 saturated heterocycles. The van der Waals surface area contributed by atoms with Gasteiger partial charge in [0.25, 0.3) is 0 Å². The normalized spacial score (nSPS) is 10.4. The molecule has 0 amide bonds. The molecule has 0 unspecified atom stereocenters. The summed E-state index contributed by atoms with van der Waals surface area (Å²) >= 11 is 17.7. The highest BCUT2D eigenvalue weighted by Crippen LogP contribution is 2.30. The monoisotopic (exact) mass is 301 g/mol. The van der Waals surface area contributed by atoms with Gasteiger partial charge in [-0.1, -0.05) is 29.3 Å². The van der Waals surface area contributed by atoms with Crippen LogP contribution in [0.1, 0.15) is 11.3 Å². The number of rotatable bonds is 3. The molecule has 2 nitrogen and oxygen atoms in total. The van der Waals surface area contributed by atoms with Crippen LogP contribution in [0.15, 0.2) is 30.3 Å². The Bertz CT molecular complexity index is 572. The van der Waals surface area contributed by atoms with Crippen molar-refractivity contribution in [2.45, 2.75) is 12.8 Å². The van der Waals surface area contributed by atoms with E-state index in [1.807, 2.05) is 19.1 Å². The van der Waals surface area contributed by atoms with Gasteiger partial charge in [0.2, 0.25) is 5.88 Å². The number of benzene rings is 1. The van der Waals surface area contributed by atoms with Crippen molar-refractivity contribution in [2.24, 2.45) is 0 Å². The van der Waals surface area contributed by atoms with Crippen molar-refractivity contribution < 1.29 is 4.74 Å². The lowest BCUT2D eigenvalue weighted by Gasteiger charge is -2.08. The Morgan fingerprint density at radius 2 is 1.89 bits per heavy atom. The lowest BCUT2D eigenvalue weighted by Crippen LogP contribution is -1.93. The molecule has 0 fully saturated rings. The zero-order valence-electron chi connectivity index (χ0n) is 9.58. The Hall–Kier alpha value is -0.960. The fraction of sp³-hybridized carbons (Fsp3) is 0.154. The molecule has 0 aliphatic heterocycles. The van der Waals surface area contributed by atoms with Crippen molar-refractivity contribution in [3.8, 4) is 11.6 Å². The van der Waals surface area contributed by atoms with Crippen LogP contribution in [0.2, 0.25) is 10.0 Å². The molecule has 1 aromatic heterocycles. The summed E-state index contributed by atoms with van der Waals surface area (Å²) in [6, 6.07) is 8.92. The van der Waals surface area contributed by atoms with Crippen molar-refractivity contribution in [2.75, 3.05) is 0 Å². The summed E-state index contributed by atoms with van der Waals surface area (Å²) in [6.07, 6.45) is 0. The number of aromatic nitrogens is 1. The Balaban J connectivity index is 2.28. The van der Waals surface area contributed by atoms with Crippen LogP contribution >= 0.6 is 34.8 Å². The average Bonchev–Trinajstić information content (AvgIpc) is 2.35. The summed E-state index contributed by atoms with van der Waals surface area (Å²) in [6.45, 7) is 1.96. The first kappa shape index (κ1) is 13.5. The van der Waals surface area contributed by atoms with Gasteiger partial charge < -0.3 is 4.74 Å². The quantitative estimate of drug-likeness (QED) is 0.724. The van der Waals surface area contributed by atoms with E-state index < -0.39 is 0 Å². The van der Waals surface area contributed by atoms with Crippen LogP contribution in [-0.4, -0.2) is 4.98 Å². The molecule has 0 aliphatic carbocycles. The third-order valence-corrected chi connectivity index (χ3v) is 3.21. The number of halogens is 3. The van der Waals surface area contributed by atoms with E-state index in [0.717, 1.165) is 5.56 Å². The second-order valence-corrected chi connectivity index (χ2v) is 4.83. The van der Waals surface area contributed by atoms with Crippen LogP contribution in [0, 0.1) is 6.92 Å². The molecule has 0 bridgehead atoms. The van der Waals surface area contributed by atoms with Crippen LogP contribution in [0.3, 0.4) is 0 Å². The summed E-state index contributed by atoms with van der Waals surface area (Å²) in [5, 5.41) is 1.06. The predicted octanol–water partition coefficient (Wildman–Crippen LogP) is 5.23. The summed E-state index contributed by atoms with van der Waals surface area (Å²) in [7, 11) is 0. The molecule has 2 aromatic rings. The number of pyridine rings is 1. The highest BCUT2D eigenvalue weighted by molar-refractivity contribution is 6.32. The highest BCUT2D eigenvalue weighted by atomic mass is 35.5. The number of nitrogens with zero attached hydrogens (tertiary/aromatic N) is 1. The first-order chi connectivity index (χ1) is 8.60. The maximum Gasteiger partial charge on any atom is 0.219 e. The third-order valence-electron chi connectivity index (χ3n) is 2.32. The second-order valence-electron chi connectivity index (χ2n) is 3.75. The van der Waals surface area contributed by atoms with E-state index in [0.29, 0.717) is 27.4 Å². The van der Waals surface area contributed by atoms with Gasteiger partial charge in [0, 0.05) is 6.07 Å². The summed E-state index contributed by atoms with van der Waals surface area (Å²) in [5.74, 6) is 1.20. The first-order valence-corrected chi connectivity index (χ1v) is 6.54. The van der Waals surface area contributed by atoms with Gasteiger partial charge in [0.05, 0.1) is 21.6 Å². The topological polar surface area (TPSA) is 22.1 Å². The molecule has 0 N–H and O–H groups in total. The molecule has 2 rings (SSSR count). The van der Waals surface area contributed by atoms with Crippen molar-refractivity contribution in [1.82, 2.24) is 4.98 Å². The highest BCUT2D eigenvalue weighted by Gasteiger charge is 2.07. The number of hydrogen-bond donors (Lipinski definition) is 0. The van der Waals surface area contributed by atoms with E-state index in [4.69, 9.17) is 39.5 Å². The molecule has 0 saturated carbocycles. The summed E-state index contributed by atoms with van der Waals surface area (Å²) < 4.78 is 5.60. The minimum Gasteiger partial charge on any atom is -0.437 e. The minimum absolute atomic E-state index is 0.234. The van der Waals surface area contributed by atoms with E-state index in [-0.39, 0.29) is 5.88 Å². The third kappa shape index (κ3) is 3.08. The molecular weight excluding hydrogens is 293 g/mol. The van der Waals surface area contributed by atoms with Crippen LogP contribution < -0.4 is 4.74 Å².